The Morgan fingerprint density at radius 1 is 0.962 bits per heavy atom. The summed E-state index contributed by atoms with van der Waals surface area (Å²) in [4.78, 5) is 4.09. The monoisotopic (exact) mass is 426 g/mol. The molecule has 0 spiro atoms. The van der Waals surface area contributed by atoms with E-state index in [1.165, 1.54) is 5.56 Å². The normalized spacial score (nSPS) is 13.5. The van der Waals surface area contributed by atoms with E-state index in [0.29, 0.717) is 17.4 Å². The van der Waals surface area contributed by atoms with E-state index in [1.807, 2.05) is 48.5 Å². The number of imidazole rings is 1. The molecule has 7 heteroatoms. The summed E-state index contributed by atoms with van der Waals surface area (Å²) in [7, 11) is 0. The van der Waals surface area contributed by atoms with E-state index in [0.717, 1.165) is 16.3 Å². The lowest BCUT2D eigenvalue weighted by Gasteiger charge is -2.28. The third-order valence-corrected chi connectivity index (χ3v) is 5.53. The second-order valence-corrected chi connectivity index (χ2v) is 8.10. The zero-order valence-corrected chi connectivity index (χ0v) is 16.9. The van der Waals surface area contributed by atoms with Crippen molar-refractivity contribution in [1.82, 2.24) is 9.55 Å². The number of aromatic nitrogens is 2. The number of halogens is 3. The fraction of sp³-hybridized carbons (Fsp3) is 0.211. The van der Waals surface area contributed by atoms with Gasteiger partial charge in [-0.3, -0.25) is 4.57 Å². The molecule has 3 rings (SSSR count). The lowest BCUT2D eigenvalue weighted by molar-refractivity contribution is -0.00996. The van der Waals surface area contributed by atoms with Crippen molar-refractivity contribution >= 4 is 46.6 Å². The third kappa shape index (κ3) is 5.41. The summed E-state index contributed by atoms with van der Waals surface area (Å²) in [6.07, 6.45) is 5.63. The summed E-state index contributed by atoms with van der Waals surface area (Å²) in [6.45, 7) is 0. The first-order valence-electron chi connectivity index (χ1n) is 7.93. The van der Waals surface area contributed by atoms with Gasteiger partial charge < -0.3 is 4.74 Å². The quantitative estimate of drug-likeness (QED) is 0.244. The molecule has 1 heterocycles. The molecule has 1 atom stereocenters. The molecule has 3 nitrogen and oxygen atoms in total. The van der Waals surface area contributed by atoms with Crippen LogP contribution in [0.25, 0.3) is 0 Å². The highest BCUT2D eigenvalue weighted by molar-refractivity contribution is 7.98. The van der Waals surface area contributed by atoms with Crippen LogP contribution in [0.4, 0.5) is 0 Å². The first-order chi connectivity index (χ1) is 12.5. The van der Waals surface area contributed by atoms with E-state index < -0.39 is 5.18 Å². The van der Waals surface area contributed by atoms with Crippen LogP contribution in [0, 0.1) is 0 Å². The zero-order chi connectivity index (χ0) is 18.4. The van der Waals surface area contributed by atoms with Crippen molar-refractivity contribution in [2.45, 2.75) is 17.4 Å². The Balaban J connectivity index is 1.62. The van der Waals surface area contributed by atoms with Gasteiger partial charge in [0, 0.05) is 34.6 Å². The highest BCUT2D eigenvalue weighted by Gasteiger charge is 2.30. The molecule has 0 fully saturated rings. The highest BCUT2D eigenvalue weighted by atomic mass is 35.5. The molecule has 0 aliphatic rings. The summed E-state index contributed by atoms with van der Waals surface area (Å²) >= 11 is 20.3. The number of ether oxygens (including phenoxy) is 1. The maximum atomic E-state index is 6.82. The number of thioether (sulfide) groups is 1. The molecule has 0 aliphatic carbocycles. The average molecular weight is 428 g/mol. The minimum absolute atomic E-state index is 0.442. The molecule has 26 heavy (non-hydrogen) atoms. The van der Waals surface area contributed by atoms with Crippen LogP contribution in [0.2, 0.25) is 10.0 Å². The molecular weight excluding hydrogens is 411 g/mol. The molecule has 1 unspecified atom stereocenters. The van der Waals surface area contributed by atoms with Crippen LogP contribution in [0.1, 0.15) is 11.1 Å². The van der Waals surface area contributed by atoms with Crippen molar-refractivity contribution in [1.29, 1.82) is 0 Å². The summed E-state index contributed by atoms with van der Waals surface area (Å²) in [5.41, 5.74) is 2.21. The number of hydrogen-bond donors (Lipinski definition) is 0. The van der Waals surface area contributed by atoms with Gasteiger partial charge in [0.1, 0.15) is 0 Å². The van der Waals surface area contributed by atoms with Crippen molar-refractivity contribution in [2.75, 3.05) is 5.94 Å². The zero-order valence-electron chi connectivity index (χ0n) is 13.8. The molecule has 0 radical (unpaired) electrons. The van der Waals surface area contributed by atoms with Gasteiger partial charge in [0.05, 0.1) is 12.3 Å². The molecular formula is C19H17Cl3N2OS. The van der Waals surface area contributed by atoms with Crippen molar-refractivity contribution in [3.05, 3.63) is 88.4 Å². The summed E-state index contributed by atoms with van der Waals surface area (Å²) in [5, 5.41) is 0.381. The van der Waals surface area contributed by atoms with E-state index in [-0.39, 0.29) is 0 Å². The van der Waals surface area contributed by atoms with E-state index in [9.17, 15) is 0 Å². The van der Waals surface area contributed by atoms with Crippen molar-refractivity contribution < 1.29 is 4.74 Å². The molecule has 0 amide bonds. The van der Waals surface area contributed by atoms with Crippen LogP contribution in [-0.4, -0.2) is 15.5 Å². The van der Waals surface area contributed by atoms with E-state index in [2.05, 4.69) is 4.98 Å². The lowest BCUT2D eigenvalue weighted by atomic mass is 10.1. The summed E-state index contributed by atoms with van der Waals surface area (Å²) in [5.74, 6) is 1.26. The Morgan fingerprint density at radius 3 is 2.15 bits per heavy atom. The Labute approximate surface area is 172 Å². The van der Waals surface area contributed by atoms with Gasteiger partial charge in [-0.2, -0.15) is 0 Å². The molecule has 0 N–H and O–H groups in total. The number of benzene rings is 2. The van der Waals surface area contributed by atoms with Crippen molar-refractivity contribution in [3.63, 3.8) is 0 Å². The van der Waals surface area contributed by atoms with E-state index in [1.54, 1.807) is 35.0 Å². The topological polar surface area (TPSA) is 27.1 Å². The fourth-order valence-electron chi connectivity index (χ4n) is 2.40. The minimum Gasteiger partial charge on any atom is -0.331 e. The van der Waals surface area contributed by atoms with Crippen LogP contribution in [0.3, 0.4) is 0 Å². The van der Waals surface area contributed by atoms with Gasteiger partial charge in [0.25, 0.3) is 0 Å². The largest absolute Gasteiger partial charge is 0.331 e. The van der Waals surface area contributed by atoms with Gasteiger partial charge >= 0.3 is 0 Å². The number of hydrogen-bond acceptors (Lipinski definition) is 3. The maximum absolute atomic E-state index is 6.82. The van der Waals surface area contributed by atoms with Crippen LogP contribution in [0.5, 0.6) is 0 Å². The first kappa shape index (κ1) is 19.6. The smallest absolute Gasteiger partial charge is 0.228 e. The van der Waals surface area contributed by atoms with Gasteiger partial charge in [-0.25, -0.2) is 4.98 Å². The number of alkyl halides is 1. The molecule has 136 valence electrons. The SMILES string of the molecule is Clc1ccc(CSCOC(Cl)(Cc2ccc(Cl)cc2)n2ccnc2)cc1. The van der Waals surface area contributed by atoms with Gasteiger partial charge in [0.15, 0.2) is 0 Å². The Bertz CT molecular complexity index is 810. The molecule has 0 aliphatic heterocycles. The van der Waals surface area contributed by atoms with Crippen LogP contribution < -0.4 is 0 Å². The molecule has 0 saturated carbocycles. The Kier molecular flexibility index (Phi) is 6.90. The van der Waals surface area contributed by atoms with Gasteiger partial charge in [0.2, 0.25) is 5.18 Å². The Morgan fingerprint density at radius 2 is 1.58 bits per heavy atom. The maximum Gasteiger partial charge on any atom is 0.228 e. The summed E-state index contributed by atoms with van der Waals surface area (Å²) < 4.78 is 7.82. The fourth-order valence-corrected chi connectivity index (χ4v) is 3.81. The number of nitrogens with zero attached hydrogens (tertiary/aromatic N) is 2. The first-order valence-corrected chi connectivity index (χ1v) is 10.2. The van der Waals surface area contributed by atoms with Gasteiger partial charge in [-0.05, 0) is 35.4 Å². The minimum atomic E-state index is -1.04. The van der Waals surface area contributed by atoms with E-state index >= 15 is 0 Å². The Hall–Kier alpha value is -1.17. The molecule has 2 aromatic carbocycles. The van der Waals surface area contributed by atoms with Gasteiger partial charge in [-0.15, -0.1) is 11.8 Å². The molecule has 3 aromatic rings. The lowest BCUT2D eigenvalue weighted by Crippen LogP contribution is -2.32. The van der Waals surface area contributed by atoms with E-state index in [4.69, 9.17) is 39.5 Å². The average Bonchev–Trinajstić information content (AvgIpc) is 3.18. The predicted octanol–water partition coefficient (Wildman–Crippen LogP) is 6.19. The van der Waals surface area contributed by atoms with Crippen LogP contribution in [0.15, 0.2) is 67.3 Å². The molecule has 1 aromatic heterocycles. The second-order valence-electron chi connectivity index (χ2n) is 5.70. The molecule has 0 bridgehead atoms. The standard InChI is InChI=1S/C19H17Cl3N2OS/c20-17-5-1-15(2-6-17)11-19(22,24-10-9-23-13-24)25-14-26-12-16-3-7-18(21)8-4-16/h1-10,13H,11-12,14H2. The van der Waals surface area contributed by atoms with Gasteiger partial charge in [-0.1, -0.05) is 59.1 Å². The van der Waals surface area contributed by atoms with Crippen molar-refractivity contribution in [3.8, 4) is 0 Å². The number of rotatable bonds is 8. The van der Waals surface area contributed by atoms with Crippen LogP contribution in [-0.2, 0) is 22.1 Å². The molecule has 0 saturated heterocycles. The predicted molar refractivity (Wildman–Crippen MR) is 110 cm³/mol. The summed E-state index contributed by atoms with van der Waals surface area (Å²) in [6, 6.07) is 15.4. The highest BCUT2D eigenvalue weighted by Crippen LogP contribution is 2.31. The third-order valence-electron chi connectivity index (χ3n) is 3.77. The van der Waals surface area contributed by atoms with Crippen LogP contribution >= 0.6 is 46.6 Å². The second kappa shape index (κ2) is 9.16. The van der Waals surface area contributed by atoms with Crippen molar-refractivity contribution in [2.24, 2.45) is 0 Å².